The van der Waals surface area contributed by atoms with Crippen LogP contribution in [0.3, 0.4) is 0 Å². The molecule has 11 heteroatoms. The highest BCUT2D eigenvalue weighted by Gasteiger charge is 2.32. The smallest absolute Gasteiger partial charge is 0.328 e. The molecule has 0 aromatic heterocycles. The van der Waals surface area contributed by atoms with E-state index in [1.807, 2.05) is 121 Å². The predicted octanol–water partition coefficient (Wildman–Crippen LogP) is 3.37. The second kappa shape index (κ2) is 20.8. The molecule has 0 bridgehead atoms. The summed E-state index contributed by atoms with van der Waals surface area (Å²) in [5.41, 5.74) is 8.63. The predicted molar refractivity (Wildman–Crippen MR) is 198 cm³/mol. The lowest BCUT2D eigenvalue weighted by Crippen LogP contribution is -2.60. The van der Waals surface area contributed by atoms with Gasteiger partial charge in [-0.1, -0.05) is 128 Å². The fraction of sp³-hybridized carbons (Fsp3) is 0.293. The van der Waals surface area contributed by atoms with Crippen LogP contribution in [0.2, 0.25) is 0 Å². The number of benzene rings is 4. The van der Waals surface area contributed by atoms with Crippen LogP contribution in [0.1, 0.15) is 42.5 Å². The maximum atomic E-state index is 14.2. The van der Waals surface area contributed by atoms with Crippen molar-refractivity contribution in [1.82, 2.24) is 26.8 Å². The molecule has 2 unspecified atom stereocenters. The third kappa shape index (κ3) is 12.8. The van der Waals surface area contributed by atoms with Crippen LogP contribution in [0.25, 0.3) is 0 Å². The molecule has 0 aliphatic heterocycles. The first-order valence-corrected chi connectivity index (χ1v) is 17.5. The Morgan fingerprint density at radius 2 is 0.808 bits per heavy atom. The van der Waals surface area contributed by atoms with Crippen LogP contribution in [0, 0.1) is 0 Å². The lowest BCUT2D eigenvalue weighted by Gasteiger charge is -2.27. The Kier molecular flexibility index (Phi) is 15.6. The van der Waals surface area contributed by atoms with Crippen molar-refractivity contribution in [2.24, 2.45) is 0 Å². The third-order valence-electron chi connectivity index (χ3n) is 8.31. The molecule has 5 N–H and O–H groups in total. The summed E-state index contributed by atoms with van der Waals surface area (Å²) >= 11 is 0. The van der Waals surface area contributed by atoms with Crippen molar-refractivity contribution in [3.8, 4) is 0 Å². The van der Waals surface area contributed by atoms with Gasteiger partial charge in [0.25, 0.3) is 0 Å². The maximum absolute atomic E-state index is 14.2. The topological polar surface area (TPSA) is 155 Å². The Labute approximate surface area is 304 Å². The first kappa shape index (κ1) is 39.0. The first-order chi connectivity index (χ1) is 25.2. The molecule has 4 aromatic rings. The summed E-state index contributed by atoms with van der Waals surface area (Å²) in [6.45, 7) is 3.52. The highest BCUT2D eigenvalue weighted by Crippen LogP contribution is 2.11. The molecule has 0 aliphatic rings. The minimum absolute atomic E-state index is 0.118. The van der Waals surface area contributed by atoms with Gasteiger partial charge in [-0.15, -0.1) is 0 Å². The van der Waals surface area contributed by atoms with E-state index in [1.165, 1.54) is 0 Å². The molecule has 0 saturated heterocycles. The Balaban J connectivity index is 1.60. The van der Waals surface area contributed by atoms with E-state index < -0.39 is 47.9 Å². The minimum Gasteiger partial charge on any atom is -0.464 e. The highest BCUT2D eigenvalue weighted by atomic mass is 16.5. The zero-order valence-corrected chi connectivity index (χ0v) is 29.5. The molecular weight excluding hydrogens is 658 g/mol. The number of hydrogen-bond acceptors (Lipinski definition) is 7. The fourth-order valence-corrected chi connectivity index (χ4v) is 5.54. The Morgan fingerprint density at radius 1 is 0.481 bits per heavy atom. The number of carbonyl (C=O) groups excluding carboxylic acids is 5. The zero-order valence-electron chi connectivity index (χ0n) is 29.5. The number of rotatable bonds is 19. The number of hydrogen-bond donors (Lipinski definition) is 5. The van der Waals surface area contributed by atoms with Crippen molar-refractivity contribution in [2.45, 2.75) is 70.1 Å². The molecule has 0 spiro atoms. The number of nitrogens with one attached hydrogen (secondary N) is 5. The molecule has 0 saturated carbocycles. The second-order valence-electron chi connectivity index (χ2n) is 12.3. The Morgan fingerprint density at radius 3 is 1.17 bits per heavy atom. The molecule has 0 radical (unpaired) electrons. The van der Waals surface area contributed by atoms with Crippen LogP contribution in [0.4, 0.5) is 0 Å². The van der Waals surface area contributed by atoms with E-state index in [9.17, 15) is 24.0 Å². The van der Waals surface area contributed by atoms with Crippen molar-refractivity contribution in [1.29, 1.82) is 0 Å². The number of amides is 4. The molecule has 11 nitrogen and oxygen atoms in total. The molecule has 0 fully saturated rings. The Bertz CT molecular complexity index is 1720. The van der Waals surface area contributed by atoms with Gasteiger partial charge in [-0.2, -0.15) is 0 Å². The molecule has 0 aliphatic carbocycles. The van der Waals surface area contributed by atoms with Gasteiger partial charge in [-0.3, -0.25) is 24.6 Å². The molecule has 4 amide bonds. The summed E-state index contributed by atoms with van der Waals surface area (Å²) in [7, 11) is 0. The highest BCUT2D eigenvalue weighted by molar-refractivity contribution is 5.94. The summed E-state index contributed by atoms with van der Waals surface area (Å²) in [4.78, 5) is 67.2. The van der Waals surface area contributed by atoms with Gasteiger partial charge < -0.3 is 20.7 Å². The summed E-state index contributed by atoms with van der Waals surface area (Å²) in [5, 5.41) is 8.56. The lowest BCUT2D eigenvalue weighted by atomic mass is 10.0. The molecule has 4 aromatic carbocycles. The fourth-order valence-electron chi connectivity index (χ4n) is 5.54. The van der Waals surface area contributed by atoms with Gasteiger partial charge in [0, 0.05) is 25.7 Å². The van der Waals surface area contributed by atoms with Crippen LogP contribution >= 0.6 is 0 Å². The second-order valence-corrected chi connectivity index (χ2v) is 12.3. The Hall–Kier alpha value is -5.81. The monoisotopic (exact) mass is 705 g/mol. The molecule has 0 heterocycles. The van der Waals surface area contributed by atoms with E-state index in [0.717, 1.165) is 22.3 Å². The van der Waals surface area contributed by atoms with Crippen molar-refractivity contribution in [3.63, 3.8) is 0 Å². The van der Waals surface area contributed by atoms with Gasteiger partial charge in [0.05, 0.1) is 6.61 Å². The van der Waals surface area contributed by atoms with Crippen LogP contribution in [0.5, 0.6) is 0 Å². The molecular formula is C41H47N5O6. The average Bonchev–Trinajstić information content (AvgIpc) is 3.17. The molecule has 52 heavy (non-hydrogen) atoms. The summed E-state index contributed by atoms with van der Waals surface area (Å²) in [6.07, 6.45) is 0.864. The quantitative estimate of drug-likeness (QED) is 0.0741. The van der Waals surface area contributed by atoms with Gasteiger partial charge in [0.2, 0.25) is 23.6 Å². The summed E-state index contributed by atoms with van der Waals surface area (Å²) < 4.78 is 5.29. The van der Waals surface area contributed by atoms with E-state index in [2.05, 4.69) is 26.8 Å². The number of ether oxygens (including phenoxy) is 1. The van der Waals surface area contributed by atoms with Crippen LogP contribution in [0.15, 0.2) is 121 Å². The van der Waals surface area contributed by atoms with Crippen molar-refractivity contribution in [2.75, 3.05) is 6.61 Å². The number of esters is 1. The average molecular weight is 706 g/mol. The number of hydrazine groups is 1. The maximum Gasteiger partial charge on any atom is 0.328 e. The normalized spacial score (nSPS) is 13.0. The molecule has 4 rings (SSSR count). The van der Waals surface area contributed by atoms with E-state index in [1.54, 1.807) is 13.8 Å². The van der Waals surface area contributed by atoms with Gasteiger partial charge in [0.15, 0.2) is 0 Å². The standard InChI is InChI=1S/C41H47N5O6/c1-3-37(47)46-45-35(27-31-21-13-7-14-22-31)40(50)43-33(25-29-17-9-5-10-18-29)38(48)42-34(26-30-19-11-6-12-20-30)39(49)44-36(41(51)52-4-2)28-32-23-15-8-16-24-32/h5-24,33-36,45H,3-4,25-28H2,1-2H3,(H,42,48)(H,43,50)(H,44,49)(H,46,47)/t33?,34-,35-,36?/m0/s1. The molecule has 272 valence electrons. The van der Waals surface area contributed by atoms with Crippen LogP contribution in [-0.4, -0.2) is 60.4 Å². The SMILES string of the molecule is CCOC(=O)C(Cc1ccccc1)NC(=O)[C@H](Cc1ccccc1)NC(=O)C(Cc1ccccc1)NC(=O)[C@H](Cc1ccccc1)NNC(=O)CC. The van der Waals surface area contributed by atoms with E-state index in [-0.39, 0.29) is 44.6 Å². The lowest BCUT2D eigenvalue weighted by molar-refractivity contribution is -0.147. The first-order valence-electron chi connectivity index (χ1n) is 17.5. The zero-order chi connectivity index (χ0) is 37.1. The largest absolute Gasteiger partial charge is 0.464 e. The van der Waals surface area contributed by atoms with E-state index in [0.29, 0.717) is 0 Å². The summed E-state index contributed by atoms with van der Waals surface area (Å²) in [6, 6.07) is 32.8. The minimum atomic E-state index is -1.11. The van der Waals surface area contributed by atoms with Gasteiger partial charge in [0.1, 0.15) is 24.2 Å². The molecule has 4 atom stereocenters. The van der Waals surface area contributed by atoms with Crippen molar-refractivity contribution >= 4 is 29.6 Å². The number of carbonyl (C=O) groups is 5. The van der Waals surface area contributed by atoms with E-state index >= 15 is 0 Å². The van der Waals surface area contributed by atoms with Gasteiger partial charge >= 0.3 is 5.97 Å². The van der Waals surface area contributed by atoms with Crippen molar-refractivity contribution < 1.29 is 28.7 Å². The van der Waals surface area contributed by atoms with Gasteiger partial charge in [-0.05, 0) is 35.6 Å². The van der Waals surface area contributed by atoms with Gasteiger partial charge in [-0.25, -0.2) is 10.2 Å². The van der Waals surface area contributed by atoms with Crippen LogP contribution in [-0.2, 0) is 54.4 Å². The van der Waals surface area contributed by atoms with E-state index in [4.69, 9.17) is 4.74 Å². The third-order valence-corrected chi connectivity index (χ3v) is 8.31. The summed E-state index contributed by atoms with van der Waals surface area (Å²) in [5.74, 6) is -2.59. The van der Waals surface area contributed by atoms with Crippen molar-refractivity contribution in [3.05, 3.63) is 144 Å². The van der Waals surface area contributed by atoms with Crippen LogP contribution < -0.4 is 26.8 Å².